The summed E-state index contributed by atoms with van der Waals surface area (Å²) in [5.74, 6) is -1.80. The molecule has 1 aliphatic rings. The first-order valence-corrected chi connectivity index (χ1v) is 8.40. The van der Waals surface area contributed by atoms with E-state index in [-0.39, 0.29) is 5.69 Å². The van der Waals surface area contributed by atoms with Crippen LogP contribution in [0.4, 0.5) is 5.00 Å². The summed E-state index contributed by atoms with van der Waals surface area (Å²) in [5.41, 5.74) is 6.86. The van der Waals surface area contributed by atoms with Crippen molar-refractivity contribution in [3.05, 3.63) is 39.0 Å². The Balaban J connectivity index is 1.63. The van der Waals surface area contributed by atoms with Crippen molar-refractivity contribution in [1.29, 1.82) is 0 Å². The number of esters is 1. The van der Waals surface area contributed by atoms with Gasteiger partial charge in [-0.3, -0.25) is 9.59 Å². The predicted molar refractivity (Wildman–Crippen MR) is 89.6 cm³/mol. The molecule has 9 heteroatoms. The molecule has 24 heavy (non-hydrogen) atoms. The molecular weight excluding hydrogens is 354 g/mol. The molecule has 126 valence electrons. The SMILES string of the molecule is NC(=O)c1c(NC(=O)COC(=O)c2cc(Cl)c[nH]2)sc2c1CCC2. The summed E-state index contributed by atoms with van der Waals surface area (Å²) in [5, 5.41) is 3.38. The van der Waals surface area contributed by atoms with Gasteiger partial charge in [0.25, 0.3) is 11.8 Å². The number of primary amides is 1. The largest absolute Gasteiger partial charge is 0.451 e. The number of thiophene rings is 1. The van der Waals surface area contributed by atoms with Crippen molar-refractivity contribution in [1.82, 2.24) is 4.98 Å². The van der Waals surface area contributed by atoms with Crippen molar-refractivity contribution >= 4 is 45.7 Å². The lowest BCUT2D eigenvalue weighted by atomic mass is 10.1. The molecule has 2 aromatic rings. The number of rotatable bonds is 5. The number of carbonyl (C=O) groups excluding carboxylic acids is 3. The van der Waals surface area contributed by atoms with Crippen LogP contribution in [0.1, 0.15) is 37.7 Å². The second-order valence-electron chi connectivity index (χ2n) is 5.28. The summed E-state index contributed by atoms with van der Waals surface area (Å²) in [6.07, 6.45) is 4.07. The molecule has 0 unspecified atom stereocenters. The van der Waals surface area contributed by atoms with Gasteiger partial charge < -0.3 is 20.8 Å². The van der Waals surface area contributed by atoms with Gasteiger partial charge in [0.15, 0.2) is 6.61 Å². The van der Waals surface area contributed by atoms with Crippen LogP contribution in [0, 0.1) is 0 Å². The number of hydrogen-bond donors (Lipinski definition) is 3. The highest BCUT2D eigenvalue weighted by atomic mass is 35.5. The van der Waals surface area contributed by atoms with Gasteiger partial charge in [0, 0.05) is 11.1 Å². The summed E-state index contributed by atoms with van der Waals surface area (Å²) in [6, 6.07) is 1.40. The molecule has 0 atom stereocenters. The van der Waals surface area contributed by atoms with Crippen molar-refractivity contribution in [2.24, 2.45) is 5.73 Å². The van der Waals surface area contributed by atoms with Crippen LogP contribution >= 0.6 is 22.9 Å². The average Bonchev–Trinajstić information content (AvgIpc) is 3.19. The van der Waals surface area contributed by atoms with E-state index in [0.717, 1.165) is 29.7 Å². The summed E-state index contributed by atoms with van der Waals surface area (Å²) in [7, 11) is 0. The highest BCUT2D eigenvalue weighted by Crippen LogP contribution is 2.38. The van der Waals surface area contributed by atoms with E-state index in [1.165, 1.54) is 23.6 Å². The van der Waals surface area contributed by atoms with E-state index in [1.807, 2.05) is 0 Å². The molecule has 0 spiro atoms. The van der Waals surface area contributed by atoms with Gasteiger partial charge in [-0.05, 0) is 30.9 Å². The van der Waals surface area contributed by atoms with Crippen LogP contribution in [-0.2, 0) is 22.4 Å². The molecule has 2 aromatic heterocycles. The fourth-order valence-electron chi connectivity index (χ4n) is 2.61. The van der Waals surface area contributed by atoms with E-state index >= 15 is 0 Å². The number of hydrogen-bond acceptors (Lipinski definition) is 5. The van der Waals surface area contributed by atoms with Crippen LogP contribution in [0.2, 0.25) is 5.02 Å². The van der Waals surface area contributed by atoms with Crippen LogP contribution < -0.4 is 11.1 Å². The van der Waals surface area contributed by atoms with Gasteiger partial charge in [-0.25, -0.2) is 4.79 Å². The van der Waals surface area contributed by atoms with Crippen LogP contribution in [0.5, 0.6) is 0 Å². The molecule has 0 fully saturated rings. The Kier molecular flexibility index (Phi) is 4.59. The molecule has 0 saturated heterocycles. The van der Waals surface area contributed by atoms with Crippen LogP contribution in [0.25, 0.3) is 0 Å². The Labute approximate surface area is 146 Å². The maximum absolute atomic E-state index is 12.0. The van der Waals surface area contributed by atoms with E-state index in [9.17, 15) is 14.4 Å². The summed E-state index contributed by atoms with van der Waals surface area (Å²) in [4.78, 5) is 39.1. The van der Waals surface area contributed by atoms with Gasteiger partial charge in [-0.2, -0.15) is 0 Å². The molecule has 0 saturated carbocycles. The Bertz CT molecular complexity index is 827. The Morgan fingerprint density at radius 1 is 1.38 bits per heavy atom. The molecule has 0 bridgehead atoms. The summed E-state index contributed by atoms with van der Waals surface area (Å²) >= 11 is 7.04. The number of aromatic nitrogens is 1. The van der Waals surface area contributed by atoms with E-state index in [4.69, 9.17) is 22.1 Å². The monoisotopic (exact) mass is 367 g/mol. The molecule has 0 aromatic carbocycles. The number of nitrogens with one attached hydrogen (secondary N) is 2. The standard InChI is InChI=1S/C15H14ClN3O4S/c16-7-4-9(18-5-7)15(22)23-6-11(20)19-14-12(13(17)21)8-2-1-3-10(8)24-14/h4-5,18H,1-3,6H2,(H2,17,21)(H,19,20). The first-order chi connectivity index (χ1) is 11.5. The minimum Gasteiger partial charge on any atom is -0.451 e. The first-order valence-electron chi connectivity index (χ1n) is 7.21. The highest BCUT2D eigenvalue weighted by molar-refractivity contribution is 7.17. The minimum absolute atomic E-state index is 0.153. The third-order valence-corrected chi connectivity index (χ3v) is 5.05. The second kappa shape index (κ2) is 6.66. The van der Waals surface area contributed by atoms with Crippen molar-refractivity contribution in [2.45, 2.75) is 19.3 Å². The number of carbonyl (C=O) groups is 3. The summed E-state index contributed by atoms with van der Waals surface area (Å²) in [6.45, 7) is -0.476. The zero-order valence-corrected chi connectivity index (χ0v) is 14.1. The zero-order chi connectivity index (χ0) is 17.3. The molecular formula is C15H14ClN3O4S. The fraction of sp³-hybridized carbons (Fsp3) is 0.267. The maximum Gasteiger partial charge on any atom is 0.355 e. The number of anilines is 1. The van der Waals surface area contributed by atoms with E-state index in [1.54, 1.807) is 0 Å². The predicted octanol–water partition coefficient (Wildman–Crippen LogP) is 2.11. The topological polar surface area (TPSA) is 114 Å². The lowest BCUT2D eigenvalue weighted by Gasteiger charge is -2.06. The van der Waals surface area contributed by atoms with Crippen molar-refractivity contribution in [2.75, 3.05) is 11.9 Å². The smallest absolute Gasteiger partial charge is 0.355 e. The van der Waals surface area contributed by atoms with Gasteiger partial charge >= 0.3 is 5.97 Å². The fourth-order valence-corrected chi connectivity index (χ4v) is 4.08. The van der Waals surface area contributed by atoms with Crippen LogP contribution in [0.3, 0.4) is 0 Å². The van der Waals surface area contributed by atoms with Gasteiger partial charge in [0.05, 0.1) is 10.6 Å². The van der Waals surface area contributed by atoms with E-state index in [0.29, 0.717) is 15.6 Å². The van der Waals surface area contributed by atoms with E-state index < -0.39 is 24.4 Å². The van der Waals surface area contributed by atoms with Crippen molar-refractivity contribution in [3.8, 4) is 0 Å². The van der Waals surface area contributed by atoms with Gasteiger partial charge in [0.1, 0.15) is 10.7 Å². The molecule has 3 rings (SSSR count). The third kappa shape index (κ3) is 3.29. The lowest BCUT2D eigenvalue weighted by molar-refractivity contribution is -0.119. The number of fused-ring (bicyclic) bond motifs is 1. The number of amides is 2. The van der Waals surface area contributed by atoms with Crippen LogP contribution in [0.15, 0.2) is 12.3 Å². The molecule has 0 radical (unpaired) electrons. The Morgan fingerprint density at radius 3 is 2.83 bits per heavy atom. The van der Waals surface area contributed by atoms with Gasteiger partial charge in [-0.15, -0.1) is 11.3 Å². The Hall–Kier alpha value is -2.32. The van der Waals surface area contributed by atoms with Crippen molar-refractivity contribution in [3.63, 3.8) is 0 Å². The molecule has 2 amide bonds. The Morgan fingerprint density at radius 2 is 2.17 bits per heavy atom. The molecule has 4 N–H and O–H groups in total. The second-order valence-corrected chi connectivity index (χ2v) is 6.82. The molecule has 1 aliphatic carbocycles. The molecule has 2 heterocycles. The quantitative estimate of drug-likeness (QED) is 0.702. The average molecular weight is 368 g/mol. The van der Waals surface area contributed by atoms with Gasteiger partial charge in [-0.1, -0.05) is 11.6 Å². The highest BCUT2D eigenvalue weighted by Gasteiger charge is 2.26. The van der Waals surface area contributed by atoms with Crippen molar-refractivity contribution < 1.29 is 19.1 Å². The lowest BCUT2D eigenvalue weighted by Crippen LogP contribution is -2.22. The number of ether oxygens (including phenoxy) is 1. The number of H-pyrrole nitrogens is 1. The minimum atomic E-state index is -0.694. The zero-order valence-electron chi connectivity index (χ0n) is 12.5. The van der Waals surface area contributed by atoms with Gasteiger partial charge in [0.2, 0.25) is 0 Å². The number of aromatic amines is 1. The maximum atomic E-state index is 12.0. The first kappa shape index (κ1) is 16.5. The van der Waals surface area contributed by atoms with E-state index in [2.05, 4.69) is 10.3 Å². The van der Waals surface area contributed by atoms with Crippen LogP contribution in [-0.4, -0.2) is 29.4 Å². The third-order valence-electron chi connectivity index (χ3n) is 3.62. The number of aryl methyl sites for hydroxylation is 1. The molecule has 0 aliphatic heterocycles. The number of nitrogens with two attached hydrogens (primary N) is 1. The molecule has 7 nitrogen and oxygen atoms in total. The number of halogens is 1. The summed E-state index contributed by atoms with van der Waals surface area (Å²) < 4.78 is 4.90. The normalized spacial score (nSPS) is 12.7.